The van der Waals surface area contributed by atoms with Crippen molar-refractivity contribution in [3.63, 3.8) is 0 Å². The van der Waals surface area contributed by atoms with Gasteiger partial charge in [0.1, 0.15) is 11.6 Å². The summed E-state index contributed by atoms with van der Waals surface area (Å²) in [5.41, 5.74) is -0.852. The van der Waals surface area contributed by atoms with Gasteiger partial charge in [0.25, 0.3) is 0 Å². The molecule has 1 heterocycles. The molecule has 1 unspecified atom stereocenters. The molecule has 0 aromatic carbocycles. The molecule has 0 saturated carbocycles. The summed E-state index contributed by atoms with van der Waals surface area (Å²) in [5, 5.41) is 3.03. The fraction of sp³-hybridized carbons (Fsp3) is 0.833. The van der Waals surface area contributed by atoms with Gasteiger partial charge in [-0.15, -0.1) is 0 Å². The molecule has 5 nitrogen and oxygen atoms in total. The third-order valence-electron chi connectivity index (χ3n) is 2.71. The first kappa shape index (κ1) is 14.0. The van der Waals surface area contributed by atoms with E-state index in [4.69, 9.17) is 4.74 Å². The van der Waals surface area contributed by atoms with Gasteiger partial charge in [-0.05, 0) is 39.2 Å². The summed E-state index contributed by atoms with van der Waals surface area (Å²) in [7, 11) is 0. The van der Waals surface area contributed by atoms with Crippen molar-refractivity contribution in [1.29, 1.82) is 0 Å². The molecule has 1 aliphatic rings. The molecule has 0 aromatic rings. The zero-order chi connectivity index (χ0) is 13.3. The second-order valence-electron chi connectivity index (χ2n) is 6.01. The van der Waals surface area contributed by atoms with Crippen LogP contribution in [-0.2, 0) is 14.3 Å². The van der Waals surface area contributed by atoms with Gasteiger partial charge in [-0.1, -0.05) is 13.8 Å². The van der Waals surface area contributed by atoms with Crippen LogP contribution in [0.15, 0.2) is 0 Å². The summed E-state index contributed by atoms with van der Waals surface area (Å²) in [6.45, 7) is 9.84. The zero-order valence-electron chi connectivity index (χ0n) is 11.1. The fourth-order valence-electron chi connectivity index (χ4n) is 1.77. The first-order valence-electron chi connectivity index (χ1n) is 5.80. The lowest BCUT2D eigenvalue weighted by Crippen LogP contribution is -2.42. The van der Waals surface area contributed by atoms with E-state index < -0.39 is 23.8 Å². The second kappa shape index (κ2) is 4.64. The molecule has 0 spiro atoms. The Morgan fingerprint density at radius 3 is 2.29 bits per heavy atom. The molecule has 1 N–H and O–H groups in total. The van der Waals surface area contributed by atoms with Gasteiger partial charge in [0.15, 0.2) is 0 Å². The average molecular weight is 243 g/mol. The van der Waals surface area contributed by atoms with Crippen LogP contribution in [0.25, 0.3) is 0 Å². The Morgan fingerprint density at radius 2 is 1.88 bits per heavy atom. The summed E-state index contributed by atoms with van der Waals surface area (Å²) in [6, 6.07) is -0.449. The first-order chi connectivity index (χ1) is 7.62. The van der Waals surface area contributed by atoms with E-state index in [1.54, 1.807) is 20.8 Å². The molecule has 1 fully saturated rings. The average Bonchev–Trinajstić information content (AvgIpc) is 2.40. The van der Waals surface area contributed by atoms with E-state index in [-0.39, 0.29) is 5.41 Å². The molecular weight excluding hydrogens is 222 g/mol. The van der Waals surface area contributed by atoms with Crippen LogP contribution in [0.5, 0.6) is 0 Å². The Labute approximate surface area is 102 Å². The molecule has 0 aromatic heterocycles. The summed E-state index contributed by atoms with van der Waals surface area (Å²) in [5.74, 6) is -0.568. The number of carbonyl (C=O) groups excluding carboxylic acids is 2. The Kier molecular flexibility index (Phi) is 3.81. The smallest absolute Gasteiger partial charge is 0.428 e. The predicted molar refractivity (Wildman–Crippen MR) is 62.5 cm³/mol. The van der Waals surface area contributed by atoms with Gasteiger partial charge in [-0.2, -0.15) is 0 Å². The van der Waals surface area contributed by atoms with Crippen LogP contribution < -0.4 is 5.32 Å². The van der Waals surface area contributed by atoms with Crippen LogP contribution in [0, 0.1) is 5.41 Å². The van der Waals surface area contributed by atoms with E-state index in [0.717, 1.165) is 13.0 Å². The Bertz CT molecular complexity index is 317. The van der Waals surface area contributed by atoms with Crippen molar-refractivity contribution < 1.29 is 19.1 Å². The van der Waals surface area contributed by atoms with Crippen LogP contribution in [0.4, 0.5) is 4.79 Å². The van der Waals surface area contributed by atoms with Gasteiger partial charge in [-0.25, -0.2) is 9.59 Å². The second-order valence-corrected chi connectivity index (χ2v) is 6.01. The van der Waals surface area contributed by atoms with Gasteiger partial charge in [0.05, 0.1) is 0 Å². The van der Waals surface area contributed by atoms with E-state index in [1.165, 1.54) is 0 Å². The quantitative estimate of drug-likeness (QED) is 0.562. The molecule has 1 rings (SSSR count). The molecule has 0 radical (unpaired) electrons. The molecule has 0 aliphatic carbocycles. The SMILES string of the molecule is CC(C)(C)OC(=O)OC(=O)C1NCCC1(C)C. The molecule has 0 amide bonds. The van der Waals surface area contributed by atoms with Gasteiger partial charge in [-0.3, -0.25) is 0 Å². The standard InChI is InChI=1S/C12H21NO4/c1-11(2,3)17-10(15)16-9(14)8-12(4,5)6-7-13-8/h8,13H,6-7H2,1-5H3. The van der Waals surface area contributed by atoms with Gasteiger partial charge in [0, 0.05) is 0 Å². The summed E-state index contributed by atoms with van der Waals surface area (Å²) in [4.78, 5) is 23.1. The third kappa shape index (κ3) is 4.00. The normalized spacial score (nSPS) is 23.2. The Morgan fingerprint density at radius 1 is 1.29 bits per heavy atom. The number of ether oxygens (including phenoxy) is 2. The zero-order valence-corrected chi connectivity index (χ0v) is 11.1. The van der Waals surface area contributed by atoms with Crippen LogP contribution in [0.3, 0.4) is 0 Å². The predicted octanol–water partition coefficient (Wildman–Crippen LogP) is 1.85. The lowest BCUT2D eigenvalue weighted by atomic mass is 9.85. The van der Waals surface area contributed by atoms with Gasteiger partial charge in [0.2, 0.25) is 0 Å². The number of carbonyl (C=O) groups is 2. The minimum absolute atomic E-state index is 0.195. The number of esters is 1. The highest BCUT2D eigenvalue weighted by Gasteiger charge is 2.41. The highest BCUT2D eigenvalue weighted by molar-refractivity contribution is 5.86. The Balaban J connectivity index is 2.53. The van der Waals surface area contributed by atoms with Gasteiger partial charge >= 0.3 is 12.1 Å². The van der Waals surface area contributed by atoms with Crippen molar-refractivity contribution in [2.24, 2.45) is 5.41 Å². The maximum atomic E-state index is 11.8. The van der Waals surface area contributed by atoms with E-state index in [9.17, 15) is 9.59 Å². The Hall–Kier alpha value is -1.10. The van der Waals surface area contributed by atoms with Crippen molar-refractivity contribution in [3.8, 4) is 0 Å². The lowest BCUT2D eigenvalue weighted by molar-refractivity contribution is -0.145. The maximum Gasteiger partial charge on any atom is 0.516 e. The molecule has 98 valence electrons. The maximum absolute atomic E-state index is 11.8. The third-order valence-corrected chi connectivity index (χ3v) is 2.71. The van der Waals surface area contributed by atoms with E-state index >= 15 is 0 Å². The lowest BCUT2D eigenvalue weighted by Gasteiger charge is -2.24. The molecule has 0 bridgehead atoms. The van der Waals surface area contributed by atoms with Crippen LogP contribution in [0.2, 0.25) is 0 Å². The van der Waals surface area contributed by atoms with Crippen molar-refractivity contribution >= 4 is 12.1 Å². The van der Waals surface area contributed by atoms with Crippen molar-refractivity contribution in [1.82, 2.24) is 5.32 Å². The van der Waals surface area contributed by atoms with E-state index in [0.29, 0.717) is 0 Å². The largest absolute Gasteiger partial charge is 0.516 e. The molecule has 17 heavy (non-hydrogen) atoms. The molecule has 5 heteroatoms. The summed E-state index contributed by atoms with van der Waals surface area (Å²) >= 11 is 0. The summed E-state index contributed by atoms with van der Waals surface area (Å²) in [6.07, 6.45) is -0.0619. The van der Waals surface area contributed by atoms with Crippen molar-refractivity contribution in [2.75, 3.05) is 6.54 Å². The van der Waals surface area contributed by atoms with Crippen molar-refractivity contribution in [2.45, 2.75) is 52.7 Å². The number of hydrogen-bond acceptors (Lipinski definition) is 5. The summed E-state index contributed by atoms with van der Waals surface area (Å²) < 4.78 is 9.61. The minimum atomic E-state index is -0.938. The van der Waals surface area contributed by atoms with Crippen LogP contribution >= 0.6 is 0 Å². The molecular formula is C12H21NO4. The highest BCUT2D eigenvalue weighted by atomic mass is 16.7. The number of hydrogen-bond donors (Lipinski definition) is 1. The molecule has 1 aliphatic heterocycles. The van der Waals surface area contributed by atoms with Crippen LogP contribution in [-0.4, -0.2) is 30.3 Å². The number of nitrogens with one attached hydrogen (secondary N) is 1. The van der Waals surface area contributed by atoms with Crippen molar-refractivity contribution in [3.05, 3.63) is 0 Å². The van der Waals surface area contributed by atoms with E-state index in [2.05, 4.69) is 10.1 Å². The molecule has 1 saturated heterocycles. The van der Waals surface area contributed by atoms with E-state index in [1.807, 2.05) is 13.8 Å². The monoisotopic (exact) mass is 243 g/mol. The topological polar surface area (TPSA) is 64.6 Å². The fourth-order valence-corrected chi connectivity index (χ4v) is 1.77. The molecule has 1 atom stereocenters. The van der Waals surface area contributed by atoms with Gasteiger partial charge < -0.3 is 14.8 Å². The highest BCUT2D eigenvalue weighted by Crippen LogP contribution is 2.30. The first-order valence-corrected chi connectivity index (χ1v) is 5.80. The van der Waals surface area contributed by atoms with Crippen LogP contribution in [0.1, 0.15) is 41.0 Å². The number of rotatable bonds is 1. The minimum Gasteiger partial charge on any atom is -0.428 e.